The SMILES string of the molecule is CC(C)(C)OC(=O)N1C[C@H](C(=O)O)OC[C@@H]1Cc1ccc(Br)cc1.COC(=O)[C@H]1CN(C(=O)OC(C)(C)C)[C@@H](Cc2ccc(Br)cc2)CO1. The number of carboxylic acid groups (broad SMARTS) is 1. The Hall–Kier alpha value is -3.20. The summed E-state index contributed by atoms with van der Waals surface area (Å²) in [4.78, 5) is 51.1. The van der Waals surface area contributed by atoms with Gasteiger partial charge in [0.1, 0.15) is 11.2 Å². The van der Waals surface area contributed by atoms with Crippen LogP contribution in [-0.2, 0) is 46.1 Å². The topological polar surface area (TPSA) is 141 Å². The molecule has 0 unspecified atom stereocenters. The number of carbonyl (C=O) groups excluding carboxylic acids is 3. The van der Waals surface area contributed by atoms with Crippen LogP contribution in [0.25, 0.3) is 0 Å². The van der Waals surface area contributed by atoms with Crippen LogP contribution in [0.1, 0.15) is 52.7 Å². The fourth-order valence-electron chi connectivity index (χ4n) is 5.03. The van der Waals surface area contributed by atoms with E-state index in [1.54, 1.807) is 25.7 Å². The van der Waals surface area contributed by atoms with Crippen molar-refractivity contribution in [1.82, 2.24) is 9.80 Å². The van der Waals surface area contributed by atoms with Crippen molar-refractivity contribution in [1.29, 1.82) is 0 Å². The Bertz CT molecular complexity index is 1420. The van der Waals surface area contributed by atoms with Gasteiger partial charge in [-0.3, -0.25) is 9.80 Å². The Balaban J connectivity index is 0.000000266. The van der Waals surface area contributed by atoms with Gasteiger partial charge in [0.15, 0.2) is 12.2 Å². The molecule has 2 aliphatic rings. The highest BCUT2D eigenvalue weighted by molar-refractivity contribution is 9.10. The third kappa shape index (κ3) is 13.2. The Morgan fingerprint density at radius 2 is 1.08 bits per heavy atom. The summed E-state index contributed by atoms with van der Waals surface area (Å²) in [6.45, 7) is 11.3. The molecule has 2 saturated heterocycles. The van der Waals surface area contributed by atoms with Crippen molar-refractivity contribution in [2.45, 2.75) is 89.9 Å². The Morgan fingerprint density at radius 3 is 1.43 bits per heavy atom. The number of amides is 2. The number of esters is 1. The van der Waals surface area contributed by atoms with Crippen LogP contribution in [-0.4, -0.2) is 108 Å². The first-order chi connectivity index (χ1) is 22.8. The molecule has 1 N–H and O–H groups in total. The summed E-state index contributed by atoms with van der Waals surface area (Å²) in [6, 6.07) is 15.2. The van der Waals surface area contributed by atoms with Crippen LogP contribution in [0.15, 0.2) is 57.5 Å². The third-order valence-electron chi connectivity index (χ3n) is 7.35. The molecule has 4 rings (SSSR count). The third-order valence-corrected chi connectivity index (χ3v) is 8.41. The smallest absolute Gasteiger partial charge is 0.410 e. The van der Waals surface area contributed by atoms with E-state index in [4.69, 9.17) is 28.8 Å². The molecule has 0 radical (unpaired) electrons. The number of carbonyl (C=O) groups is 4. The molecule has 12 nitrogen and oxygen atoms in total. The molecular weight excluding hydrogens is 768 g/mol. The lowest BCUT2D eigenvalue weighted by atomic mass is 10.0. The first kappa shape index (κ1) is 40.2. The van der Waals surface area contributed by atoms with Gasteiger partial charge in [-0.05, 0) is 89.8 Å². The van der Waals surface area contributed by atoms with Gasteiger partial charge >= 0.3 is 24.1 Å². The van der Waals surface area contributed by atoms with Gasteiger partial charge in [-0.25, -0.2) is 19.2 Å². The van der Waals surface area contributed by atoms with Gasteiger partial charge in [-0.2, -0.15) is 0 Å². The molecule has 14 heteroatoms. The van der Waals surface area contributed by atoms with E-state index in [1.165, 1.54) is 12.0 Å². The lowest BCUT2D eigenvalue weighted by Gasteiger charge is -2.39. The predicted molar refractivity (Wildman–Crippen MR) is 188 cm³/mol. The van der Waals surface area contributed by atoms with Crippen molar-refractivity contribution in [2.24, 2.45) is 0 Å². The van der Waals surface area contributed by atoms with Crippen LogP contribution in [0, 0.1) is 0 Å². The van der Waals surface area contributed by atoms with Crippen LogP contribution in [0.2, 0.25) is 0 Å². The zero-order valence-corrected chi connectivity index (χ0v) is 32.1. The van der Waals surface area contributed by atoms with Gasteiger partial charge < -0.3 is 28.8 Å². The average molecular weight is 815 g/mol. The number of nitrogens with zero attached hydrogens (tertiary/aromatic N) is 2. The second-order valence-electron chi connectivity index (χ2n) is 13.7. The molecule has 0 aliphatic carbocycles. The molecule has 49 heavy (non-hydrogen) atoms. The molecule has 270 valence electrons. The van der Waals surface area contributed by atoms with Crippen molar-refractivity contribution in [2.75, 3.05) is 33.4 Å². The normalized spacial score (nSPS) is 21.2. The summed E-state index contributed by atoms with van der Waals surface area (Å²) in [5.74, 6) is -1.57. The molecule has 4 atom stereocenters. The number of carboxylic acids is 1. The van der Waals surface area contributed by atoms with Crippen LogP contribution >= 0.6 is 31.9 Å². The van der Waals surface area contributed by atoms with Crippen molar-refractivity contribution in [3.63, 3.8) is 0 Å². The van der Waals surface area contributed by atoms with Crippen molar-refractivity contribution in [3.05, 3.63) is 68.6 Å². The number of morpholine rings is 2. The van der Waals surface area contributed by atoms with Crippen molar-refractivity contribution < 1.29 is 48.0 Å². The number of halogens is 2. The summed E-state index contributed by atoms with van der Waals surface area (Å²) in [6.07, 6.45) is -1.61. The molecule has 2 aromatic rings. The summed E-state index contributed by atoms with van der Waals surface area (Å²) < 4.78 is 28.6. The van der Waals surface area contributed by atoms with Crippen molar-refractivity contribution in [3.8, 4) is 0 Å². The number of rotatable bonds is 6. The van der Waals surface area contributed by atoms with Gasteiger partial charge in [-0.1, -0.05) is 56.1 Å². The standard InChI is InChI=1S/C18H24BrNO5.C17H22BrNO5/c1-18(2,3)25-17(22)20-10-15(16(21)23-4)24-11-14(20)9-12-5-7-13(19)8-6-12;1-17(2,3)24-16(22)19-9-14(15(20)21)23-10-13(19)8-11-4-6-12(18)7-5-11/h5-8,14-15H,9-11H2,1-4H3;4-7,13-14H,8-10H2,1-3H3,(H,20,21)/t14-,15+;13-,14+/m00/s1. The quantitative estimate of drug-likeness (QED) is 0.263. The van der Waals surface area contributed by atoms with E-state index >= 15 is 0 Å². The van der Waals surface area contributed by atoms with E-state index in [-0.39, 0.29) is 38.4 Å². The number of benzene rings is 2. The zero-order valence-electron chi connectivity index (χ0n) is 28.9. The van der Waals surface area contributed by atoms with E-state index < -0.39 is 47.5 Å². The van der Waals surface area contributed by atoms with Crippen LogP contribution < -0.4 is 0 Å². The molecular formula is C35H46Br2N2O10. The number of aliphatic carboxylic acids is 1. The fourth-order valence-corrected chi connectivity index (χ4v) is 5.56. The highest BCUT2D eigenvalue weighted by Gasteiger charge is 2.39. The number of ether oxygens (including phenoxy) is 5. The lowest BCUT2D eigenvalue weighted by molar-refractivity contribution is -0.162. The molecule has 2 fully saturated rings. The zero-order chi connectivity index (χ0) is 36.5. The minimum atomic E-state index is -1.08. The molecule has 2 aromatic carbocycles. The number of methoxy groups -OCH3 is 1. The van der Waals surface area contributed by atoms with Gasteiger partial charge in [0.25, 0.3) is 0 Å². The second kappa shape index (κ2) is 17.6. The van der Waals surface area contributed by atoms with Gasteiger partial charge in [-0.15, -0.1) is 0 Å². The maximum atomic E-state index is 12.6. The van der Waals surface area contributed by atoms with Crippen LogP contribution in [0.5, 0.6) is 0 Å². The number of hydrogen-bond donors (Lipinski definition) is 1. The van der Waals surface area contributed by atoms with E-state index in [2.05, 4.69) is 31.9 Å². The average Bonchev–Trinajstić information content (AvgIpc) is 3.01. The number of hydrogen-bond acceptors (Lipinski definition) is 9. The summed E-state index contributed by atoms with van der Waals surface area (Å²) in [7, 11) is 1.30. The minimum absolute atomic E-state index is 0.0224. The Kier molecular flexibility index (Phi) is 14.5. The van der Waals surface area contributed by atoms with E-state index in [9.17, 15) is 19.2 Å². The second-order valence-corrected chi connectivity index (χ2v) is 15.6. The van der Waals surface area contributed by atoms with E-state index in [0.29, 0.717) is 12.8 Å². The van der Waals surface area contributed by atoms with E-state index in [1.807, 2.05) is 69.3 Å². The molecule has 2 aliphatic heterocycles. The molecule has 2 amide bonds. The molecule has 0 spiro atoms. The Labute approximate surface area is 304 Å². The molecule has 2 heterocycles. The highest BCUT2D eigenvalue weighted by Crippen LogP contribution is 2.23. The lowest BCUT2D eigenvalue weighted by Crippen LogP contribution is -2.56. The first-order valence-corrected chi connectivity index (χ1v) is 17.5. The van der Waals surface area contributed by atoms with Crippen LogP contribution in [0.4, 0.5) is 9.59 Å². The maximum absolute atomic E-state index is 12.6. The molecule has 0 aromatic heterocycles. The largest absolute Gasteiger partial charge is 0.479 e. The fraction of sp³-hybridized carbons (Fsp3) is 0.543. The molecule has 0 saturated carbocycles. The summed E-state index contributed by atoms with van der Waals surface area (Å²) in [5, 5.41) is 9.17. The summed E-state index contributed by atoms with van der Waals surface area (Å²) in [5.41, 5.74) is 0.852. The predicted octanol–water partition coefficient (Wildman–Crippen LogP) is 6.25. The maximum Gasteiger partial charge on any atom is 0.410 e. The first-order valence-electron chi connectivity index (χ1n) is 15.9. The van der Waals surface area contributed by atoms with Gasteiger partial charge in [0.2, 0.25) is 0 Å². The van der Waals surface area contributed by atoms with Crippen molar-refractivity contribution >= 4 is 56.0 Å². The van der Waals surface area contributed by atoms with E-state index in [0.717, 1.165) is 20.1 Å². The Morgan fingerprint density at radius 1 is 0.714 bits per heavy atom. The van der Waals surface area contributed by atoms with Gasteiger partial charge in [0, 0.05) is 8.95 Å². The van der Waals surface area contributed by atoms with Crippen LogP contribution in [0.3, 0.4) is 0 Å². The minimum Gasteiger partial charge on any atom is -0.479 e. The molecule has 0 bridgehead atoms. The monoisotopic (exact) mass is 812 g/mol. The van der Waals surface area contributed by atoms with Gasteiger partial charge in [0.05, 0.1) is 45.5 Å². The summed E-state index contributed by atoms with van der Waals surface area (Å²) >= 11 is 6.80. The highest BCUT2D eigenvalue weighted by atomic mass is 79.9.